The van der Waals surface area contributed by atoms with Crippen molar-refractivity contribution < 1.29 is 0 Å². The van der Waals surface area contributed by atoms with Crippen molar-refractivity contribution in [1.82, 2.24) is 5.32 Å². The van der Waals surface area contributed by atoms with E-state index >= 15 is 0 Å². The Morgan fingerprint density at radius 3 is 2.10 bits per heavy atom. The maximum atomic E-state index is 6.23. The van der Waals surface area contributed by atoms with Crippen LogP contribution in [0.1, 0.15) is 97.5 Å². The number of rotatable bonds is 4. The van der Waals surface area contributed by atoms with Crippen LogP contribution < -0.4 is 5.32 Å². The van der Waals surface area contributed by atoms with Crippen LogP contribution in [0.4, 0.5) is 0 Å². The van der Waals surface area contributed by atoms with Crippen molar-refractivity contribution in [3.8, 4) is 0 Å². The van der Waals surface area contributed by atoms with E-state index < -0.39 is 0 Å². The number of nitrogens with one attached hydrogen (secondary N) is 1. The topological polar surface area (TPSA) is 12.0 Å². The van der Waals surface area contributed by atoms with Crippen molar-refractivity contribution in [2.45, 2.75) is 109 Å². The normalized spacial score (nSPS) is 41.8. The summed E-state index contributed by atoms with van der Waals surface area (Å²) in [5.74, 6) is 2.77. The summed E-state index contributed by atoms with van der Waals surface area (Å²) < 4.78 is 0. The fourth-order valence-electron chi connectivity index (χ4n) is 8.64. The molecule has 5 aliphatic rings. The van der Waals surface area contributed by atoms with Crippen molar-refractivity contribution in [3.63, 3.8) is 0 Å². The lowest BCUT2D eigenvalue weighted by Crippen LogP contribution is -2.61. The average Bonchev–Trinajstić information content (AvgIpc) is 2.67. The van der Waals surface area contributed by atoms with E-state index in [-0.39, 0.29) is 0 Å². The Balaban J connectivity index is 1.31. The lowest BCUT2D eigenvalue weighted by atomic mass is 9.41. The van der Waals surface area contributed by atoms with Gasteiger partial charge in [-0.15, -0.1) is 0 Å². The molecule has 30 heavy (non-hydrogen) atoms. The van der Waals surface area contributed by atoms with E-state index in [0.717, 1.165) is 28.8 Å². The maximum Gasteiger partial charge on any atom is 0.0406 e. The minimum absolute atomic E-state index is 0.411. The molecule has 0 radical (unpaired) electrons. The van der Waals surface area contributed by atoms with Gasteiger partial charge in [0.15, 0.2) is 0 Å². The van der Waals surface area contributed by atoms with Crippen LogP contribution in [-0.2, 0) is 5.41 Å². The van der Waals surface area contributed by atoms with Crippen molar-refractivity contribution >= 4 is 11.6 Å². The first-order valence-electron chi connectivity index (χ1n) is 12.7. The molecule has 6 rings (SSSR count). The highest BCUT2D eigenvalue weighted by atomic mass is 35.5. The second-order valence-corrected chi connectivity index (χ2v) is 13.3. The summed E-state index contributed by atoms with van der Waals surface area (Å²) in [7, 11) is 0. The standard InChI is InChI=1S/C28H42ClN/c1-19(30-25-11-7-22(8-12-25)26(2,3)4)27-14-20-13-21(15-27)17-28(16-20,18-27)23-5-9-24(29)10-6-23/h5-6,9-10,19-22,25,30H,7-8,11-18H2,1-4H3/t19-,20-,21+,22?,25?,27?,28?/m1/s1. The van der Waals surface area contributed by atoms with Crippen molar-refractivity contribution in [2.24, 2.45) is 28.6 Å². The van der Waals surface area contributed by atoms with E-state index in [4.69, 9.17) is 11.6 Å². The average molecular weight is 428 g/mol. The monoisotopic (exact) mass is 427 g/mol. The van der Waals surface area contributed by atoms with E-state index in [1.165, 1.54) is 64.2 Å². The van der Waals surface area contributed by atoms with Gasteiger partial charge in [0, 0.05) is 17.1 Å². The molecule has 2 unspecified atom stereocenters. The largest absolute Gasteiger partial charge is 0.311 e. The first-order valence-corrected chi connectivity index (χ1v) is 13.1. The predicted octanol–water partition coefficient (Wildman–Crippen LogP) is 7.76. The molecule has 2 heteroatoms. The van der Waals surface area contributed by atoms with Gasteiger partial charge in [0.25, 0.3) is 0 Å². The zero-order chi connectivity index (χ0) is 21.1. The first-order chi connectivity index (χ1) is 14.2. The lowest BCUT2D eigenvalue weighted by Gasteiger charge is -2.64. The number of benzene rings is 1. The molecule has 1 aromatic rings. The molecule has 0 spiro atoms. The van der Waals surface area contributed by atoms with Crippen LogP contribution in [0.25, 0.3) is 0 Å². The summed E-state index contributed by atoms with van der Waals surface area (Å²) in [4.78, 5) is 0. The number of hydrogen-bond acceptors (Lipinski definition) is 1. The van der Waals surface area contributed by atoms with Crippen molar-refractivity contribution in [3.05, 3.63) is 34.9 Å². The Hall–Kier alpha value is -0.530. The van der Waals surface area contributed by atoms with Gasteiger partial charge in [-0.25, -0.2) is 0 Å². The molecule has 0 saturated heterocycles. The summed E-state index contributed by atoms with van der Waals surface area (Å²) in [6.07, 6.45) is 14.2. The van der Waals surface area contributed by atoms with E-state index in [2.05, 4.69) is 57.3 Å². The maximum absolute atomic E-state index is 6.23. The third-order valence-electron chi connectivity index (χ3n) is 9.92. The van der Waals surface area contributed by atoms with Gasteiger partial charge in [0.05, 0.1) is 0 Å². The van der Waals surface area contributed by atoms with Crippen LogP contribution in [0.2, 0.25) is 5.02 Å². The minimum Gasteiger partial charge on any atom is -0.311 e. The molecular weight excluding hydrogens is 386 g/mol. The van der Waals surface area contributed by atoms with Crippen LogP contribution in [0.3, 0.4) is 0 Å². The van der Waals surface area contributed by atoms with Crippen LogP contribution in [0, 0.1) is 28.6 Å². The molecule has 1 nitrogen and oxygen atoms in total. The fraction of sp³-hybridized carbons (Fsp3) is 0.786. The SMILES string of the molecule is C[C@@H](NC1CCC(C(C)(C)C)CC1)C12C[C@@H]3C[C@@H](CC(c4ccc(Cl)cc4)(C3)C1)C2. The highest BCUT2D eigenvalue weighted by molar-refractivity contribution is 6.30. The van der Waals surface area contributed by atoms with E-state index in [1.54, 1.807) is 5.56 Å². The van der Waals surface area contributed by atoms with E-state index in [9.17, 15) is 0 Å². The first kappa shape index (κ1) is 21.3. The van der Waals surface area contributed by atoms with Gasteiger partial charge in [-0.3, -0.25) is 0 Å². The Morgan fingerprint density at radius 2 is 1.53 bits per heavy atom. The van der Waals surface area contributed by atoms with Gasteiger partial charge in [0.2, 0.25) is 0 Å². The van der Waals surface area contributed by atoms with Gasteiger partial charge in [0.1, 0.15) is 0 Å². The smallest absolute Gasteiger partial charge is 0.0406 e. The number of hydrogen-bond donors (Lipinski definition) is 1. The predicted molar refractivity (Wildman–Crippen MR) is 128 cm³/mol. The summed E-state index contributed by atoms with van der Waals surface area (Å²) in [5.41, 5.74) is 2.96. The zero-order valence-electron chi connectivity index (χ0n) is 19.6. The second kappa shape index (κ2) is 7.51. The Bertz CT molecular complexity index is 738. The minimum atomic E-state index is 0.411. The van der Waals surface area contributed by atoms with Crippen LogP contribution in [-0.4, -0.2) is 12.1 Å². The molecule has 5 atom stereocenters. The highest BCUT2D eigenvalue weighted by Crippen LogP contribution is 2.66. The molecule has 1 aromatic carbocycles. The van der Waals surface area contributed by atoms with Gasteiger partial charge in [-0.1, -0.05) is 44.5 Å². The summed E-state index contributed by atoms with van der Waals surface area (Å²) >= 11 is 6.23. The van der Waals surface area contributed by atoms with Gasteiger partial charge in [-0.2, -0.15) is 0 Å². The fourth-order valence-corrected chi connectivity index (χ4v) is 8.76. The van der Waals surface area contributed by atoms with E-state index in [0.29, 0.717) is 22.3 Å². The molecule has 5 fully saturated rings. The summed E-state index contributed by atoms with van der Waals surface area (Å²) in [5, 5.41) is 5.08. The molecular formula is C28H42ClN. The quantitative estimate of drug-likeness (QED) is 0.517. The summed E-state index contributed by atoms with van der Waals surface area (Å²) in [6.45, 7) is 9.83. The number of halogens is 1. The van der Waals surface area contributed by atoms with Gasteiger partial charge >= 0.3 is 0 Å². The molecule has 5 aliphatic carbocycles. The van der Waals surface area contributed by atoms with Crippen LogP contribution in [0.5, 0.6) is 0 Å². The Labute approximate surface area is 189 Å². The zero-order valence-corrected chi connectivity index (χ0v) is 20.4. The summed E-state index contributed by atoms with van der Waals surface area (Å²) in [6, 6.07) is 10.3. The van der Waals surface area contributed by atoms with Gasteiger partial charge < -0.3 is 5.32 Å². The molecule has 0 aliphatic heterocycles. The van der Waals surface area contributed by atoms with Crippen molar-refractivity contribution in [1.29, 1.82) is 0 Å². The molecule has 0 aromatic heterocycles. The third kappa shape index (κ3) is 3.77. The van der Waals surface area contributed by atoms with Crippen molar-refractivity contribution in [2.75, 3.05) is 0 Å². The molecule has 1 N–H and O–H groups in total. The molecule has 0 heterocycles. The van der Waals surface area contributed by atoms with Crippen LogP contribution in [0.15, 0.2) is 24.3 Å². The molecule has 166 valence electrons. The van der Waals surface area contributed by atoms with Crippen LogP contribution >= 0.6 is 11.6 Å². The molecule has 4 bridgehead atoms. The Kier molecular flexibility index (Phi) is 5.34. The lowest BCUT2D eigenvalue weighted by molar-refractivity contribution is -0.0904. The third-order valence-corrected chi connectivity index (χ3v) is 10.2. The highest BCUT2D eigenvalue weighted by Gasteiger charge is 2.59. The second-order valence-electron chi connectivity index (χ2n) is 12.9. The van der Waals surface area contributed by atoms with Gasteiger partial charge in [-0.05, 0) is 123 Å². The Morgan fingerprint density at radius 1 is 0.933 bits per heavy atom. The van der Waals surface area contributed by atoms with E-state index in [1.807, 2.05) is 0 Å². The molecule has 0 amide bonds. The molecule has 5 saturated carbocycles.